The van der Waals surface area contributed by atoms with Crippen LogP contribution >= 0.6 is 23.2 Å². The Bertz CT molecular complexity index is 323. The molecule has 15 heavy (non-hydrogen) atoms. The molecule has 0 fully saturated rings. The van der Waals surface area contributed by atoms with Crippen molar-refractivity contribution >= 4 is 23.2 Å². The van der Waals surface area contributed by atoms with Gasteiger partial charge in [-0.3, -0.25) is 0 Å². The van der Waals surface area contributed by atoms with E-state index in [1.54, 1.807) is 13.2 Å². The molecule has 0 aliphatic rings. The van der Waals surface area contributed by atoms with Crippen LogP contribution in [0.5, 0.6) is 0 Å². The van der Waals surface area contributed by atoms with Crippen LogP contribution in [0.2, 0.25) is 10.0 Å². The normalized spacial score (nSPS) is 13.2. The Morgan fingerprint density at radius 2 is 1.93 bits per heavy atom. The first-order valence-electron chi connectivity index (χ1n) is 5.00. The van der Waals surface area contributed by atoms with Crippen LogP contribution in [-0.2, 0) is 4.74 Å². The van der Waals surface area contributed by atoms with Crippen LogP contribution in [0.15, 0.2) is 18.2 Å². The van der Waals surface area contributed by atoms with Crippen molar-refractivity contribution in [3.8, 4) is 0 Å². The van der Waals surface area contributed by atoms with Gasteiger partial charge in [-0.1, -0.05) is 43.1 Å². The Kier molecular flexibility index (Phi) is 4.91. The topological polar surface area (TPSA) is 9.23 Å². The van der Waals surface area contributed by atoms with Gasteiger partial charge < -0.3 is 4.74 Å². The number of hydrogen-bond donors (Lipinski definition) is 0. The highest BCUT2D eigenvalue weighted by atomic mass is 35.5. The van der Waals surface area contributed by atoms with Gasteiger partial charge in [-0.25, -0.2) is 0 Å². The zero-order valence-corrected chi connectivity index (χ0v) is 10.8. The van der Waals surface area contributed by atoms with E-state index in [0.717, 1.165) is 10.6 Å². The standard InChI is InChI=1S/C12H16Cl2O/c1-8(2)11(7-15-3)10-5-4-9(13)6-12(10)14/h4-6,8,11H,7H2,1-3H3/t11-/m1/s1. The predicted molar refractivity (Wildman–Crippen MR) is 65.9 cm³/mol. The van der Waals surface area contributed by atoms with Crippen molar-refractivity contribution in [3.63, 3.8) is 0 Å². The number of halogens is 2. The summed E-state index contributed by atoms with van der Waals surface area (Å²) in [6, 6.07) is 5.63. The fraction of sp³-hybridized carbons (Fsp3) is 0.500. The summed E-state index contributed by atoms with van der Waals surface area (Å²) in [6.07, 6.45) is 0. The van der Waals surface area contributed by atoms with Crippen LogP contribution in [-0.4, -0.2) is 13.7 Å². The summed E-state index contributed by atoms with van der Waals surface area (Å²) < 4.78 is 5.21. The first kappa shape index (κ1) is 12.8. The summed E-state index contributed by atoms with van der Waals surface area (Å²) in [5.74, 6) is 0.809. The zero-order chi connectivity index (χ0) is 11.4. The monoisotopic (exact) mass is 246 g/mol. The molecule has 0 radical (unpaired) electrons. The van der Waals surface area contributed by atoms with E-state index in [-0.39, 0.29) is 0 Å². The van der Waals surface area contributed by atoms with E-state index >= 15 is 0 Å². The number of methoxy groups -OCH3 is 1. The molecule has 0 bridgehead atoms. The van der Waals surface area contributed by atoms with Gasteiger partial charge in [-0.2, -0.15) is 0 Å². The molecule has 1 atom stereocenters. The third-order valence-electron chi connectivity index (χ3n) is 2.51. The summed E-state index contributed by atoms with van der Waals surface area (Å²) in [6.45, 7) is 5.00. The van der Waals surface area contributed by atoms with Gasteiger partial charge in [0, 0.05) is 23.1 Å². The largest absolute Gasteiger partial charge is 0.384 e. The average Bonchev–Trinajstić information content (AvgIpc) is 2.15. The van der Waals surface area contributed by atoms with E-state index < -0.39 is 0 Å². The van der Waals surface area contributed by atoms with Gasteiger partial charge in [0.25, 0.3) is 0 Å². The lowest BCUT2D eigenvalue weighted by Gasteiger charge is -2.21. The molecule has 0 unspecified atom stereocenters. The zero-order valence-electron chi connectivity index (χ0n) is 9.26. The van der Waals surface area contributed by atoms with Crippen LogP contribution in [0, 0.1) is 5.92 Å². The van der Waals surface area contributed by atoms with Crippen LogP contribution in [0.1, 0.15) is 25.3 Å². The van der Waals surface area contributed by atoms with Crippen molar-refractivity contribution in [2.75, 3.05) is 13.7 Å². The van der Waals surface area contributed by atoms with E-state index in [1.807, 2.05) is 12.1 Å². The van der Waals surface area contributed by atoms with E-state index in [9.17, 15) is 0 Å². The highest BCUT2D eigenvalue weighted by molar-refractivity contribution is 6.35. The molecule has 0 aliphatic carbocycles. The molecule has 0 spiro atoms. The molecule has 0 saturated heterocycles. The second-order valence-corrected chi connectivity index (χ2v) is 4.82. The minimum Gasteiger partial charge on any atom is -0.384 e. The minimum absolute atomic E-state index is 0.319. The van der Waals surface area contributed by atoms with Crippen molar-refractivity contribution in [1.82, 2.24) is 0 Å². The highest BCUT2D eigenvalue weighted by Gasteiger charge is 2.18. The number of ether oxygens (including phenoxy) is 1. The molecule has 0 aliphatic heterocycles. The quantitative estimate of drug-likeness (QED) is 0.767. The van der Waals surface area contributed by atoms with Crippen LogP contribution < -0.4 is 0 Å². The molecule has 0 amide bonds. The van der Waals surface area contributed by atoms with Gasteiger partial charge in [-0.15, -0.1) is 0 Å². The number of hydrogen-bond acceptors (Lipinski definition) is 1. The fourth-order valence-corrected chi connectivity index (χ4v) is 2.17. The maximum Gasteiger partial charge on any atom is 0.0533 e. The van der Waals surface area contributed by atoms with E-state index in [1.165, 1.54) is 0 Å². The molecule has 0 saturated carbocycles. The first-order chi connectivity index (χ1) is 7.06. The van der Waals surface area contributed by atoms with Gasteiger partial charge in [-0.05, 0) is 23.6 Å². The molecule has 0 aromatic heterocycles. The lowest BCUT2D eigenvalue weighted by Crippen LogP contribution is -2.13. The second-order valence-electron chi connectivity index (χ2n) is 3.97. The van der Waals surface area contributed by atoms with E-state index in [0.29, 0.717) is 23.5 Å². The Balaban J connectivity index is 3.00. The molecule has 84 valence electrons. The SMILES string of the molecule is COC[C@@H](c1ccc(Cl)cc1Cl)C(C)C. The second kappa shape index (κ2) is 5.74. The minimum atomic E-state index is 0.319. The van der Waals surface area contributed by atoms with Crippen LogP contribution in [0.25, 0.3) is 0 Å². The smallest absolute Gasteiger partial charge is 0.0533 e. The maximum absolute atomic E-state index is 6.16. The van der Waals surface area contributed by atoms with Gasteiger partial charge in [0.05, 0.1) is 6.61 Å². The van der Waals surface area contributed by atoms with E-state index in [2.05, 4.69) is 13.8 Å². The lowest BCUT2D eigenvalue weighted by molar-refractivity contribution is 0.162. The molecular formula is C12H16Cl2O. The predicted octanol–water partition coefficient (Wildman–Crippen LogP) is 4.38. The summed E-state index contributed by atoms with van der Waals surface area (Å²) in [5, 5.41) is 1.39. The van der Waals surface area contributed by atoms with Crippen molar-refractivity contribution < 1.29 is 4.74 Å². The summed E-state index contributed by atoms with van der Waals surface area (Å²) in [7, 11) is 1.71. The van der Waals surface area contributed by atoms with Crippen LogP contribution in [0.3, 0.4) is 0 Å². The van der Waals surface area contributed by atoms with Crippen molar-refractivity contribution in [3.05, 3.63) is 33.8 Å². The number of rotatable bonds is 4. The molecule has 1 aromatic rings. The van der Waals surface area contributed by atoms with Crippen molar-refractivity contribution in [1.29, 1.82) is 0 Å². The Hall–Kier alpha value is -0.240. The highest BCUT2D eigenvalue weighted by Crippen LogP contribution is 2.32. The maximum atomic E-state index is 6.16. The lowest BCUT2D eigenvalue weighted by atomic mass is 9.89. The fourth-order valence-electron chi connectivity index (χ4n) is 1.62. The molecule has 1 rings (SSSR count). The molecule has 0 N–H and O–H groups in total. The van der Waals surface area contributed by atoms with Crippen molar-refractivity contribution in [2.24, 2.45) is 5.92 Å². The molecule has 1 aromatic carbocycles. The third-order valence-corrected chi connectivity index (χ3v) is 3.08. The van der Waals surface area contributed by atoms with E-state index in [4.69, 9.17) is 27.9 Å². The van der Waals surface area contributed by atoms with Gasteiger partial charge in [0.2, 0.25) is 0 Å². The molecule has 1 nitrogen and oxygen atoms in total. The van der Waals surface area contributed by atoms with Crippen molar-refractivity contribution in [2.45, 2.75) is 19.8 Å². The summed E-state index contributed by atoms with van der Waals surface area (Å²) in [5.41, 5.74) is 1.11. The average molecular weight is 247 g/mol. The molecular weight excluding hydrogens is 231 g/mol. The molecule has 0 heterocycles. The van der Waals surface area contributed by atoms with Gasteiger partial charge in [0.1, 0.15) is 0 Å². The Labute approximate surface area is 101 Å². The third kappa shape index (κ3) is 3.37. The molecule has 3 heteroatoms. The van der Waals surface area contributed by atoms with Gasteiger partial charge >= 0.3 is 0 Å². The van der Waals surface area contributed by atoms with Gasteiger partial charge in [0.15, 0.2) is 0 Å². The Morgan fingerprint density at radius 3 is 2.40 bits per heavy atom. The van der Waals surface area contributed by atoms with Crippen LogP contribution in [0.4, 0.5) is 0 Å². The Morgan fingerprint density at radius 1 is 1.27 bits per heavy atom. The summed E-state index contributed by atoms with van der Waals surface area (Å²) >= 11 is 12.0. The first-order valence-corrected chi connectivity index (χ1v) is 5.75. The number of benzene rings is 1. The summed E-state index contributed by atoms with van der Waals surface area (Å²) in [4.78, 5) is 0.